The molecule has 3 aromatic carbocycles. The first kappa shape index (κ1) is 67.3. The van der Waals surface area contributed by atoms with Crippen molar-refractivity contribution in [3.63, 3.8) is 0 Å². The van der Waals surface area contributed by atoms with Gasteiger partial charge in [-0.1, -0.05) is 158 Å². The van der Waals surface area contributed by atoms with Crippen LogP contribution in [0.15, 0.2) is 138 Å². The van der Waals surface area contributed by atoms with Crippen LogP contribution in [0.1, 0.15) is 173 Å². The quantitative estimate of drug-likeness (QED) is 0.0573. The van der Waals surface area contributed by atoms with Gasteiger partial charge >= 0.3 is 23.9 Å². The molecule has 16 heteroatoms. The van der Waals surface area contributed by atoms with Gasteiger partial charge in [-0.25, -0.2) is 9.59 Å². The summed E-state index contributed by atoms with van der Waals surface area (Å²) in [7, 11) is 0. The molecule has 0 aromatic heterocycles. The number of carbonyl (C=O) groups is 6. The van der Waals surface area contributed by atoms with Crippen molar-refractivity contribution in [3.05, 3.63) is 154 Å². The number of Topliss-reactive ketones (excluding diaryl/α,β-unsaturated/α-hetero) is 1. The predicted molar refractivity (Wildman–Crippen MR) is 341 cm³/mol. The maximum atomic E-state index is 15.5. The van der Waals surface area contributed by atoms with E-state index < -0.39 is 113 Å². The molecule has 8 aliphatic rings. The molecule has 0 unspecified atom stereocenters. The first-order chi connectivity index (χ1) is 42.9. The highest BCUT2D eigenvalue weighted by Gasteiger charge is 2.78. The highest BCUT2D eigenvalue weighted by Crippen LogP contribution is 2.67. The zero-order valence-corrected chi connectivity index (χ0v) is 55.0. The van der Waals surface area contributed by atoms with Gasteiger partial charge in [0.2, 0.25) is 0 Å². The number of aliphatic hydroxyl groups excluding tert-OH is 3. The number of benzene rings is 3. The summed E-state index contributed by atoms with van der Waals surface area (Å²) in [6, 6.07) is 22.9. The SMILES string of the molecule is CC(=O)O[C@H]1C(=O)[C@@]2(C)[C@H]([C@H](OC(=O)c3ccccc3)[C@]3(O)C[C@H](OC(=O)[C@H](O)[C@@H](NC(=O)c4ccccc4)c4ccccc4)C(C)=C1C3(C)C)[C@]1(OC(C)=O)CO[C@@H]1C[C@@H]2O.CC(C)[C@@H](C)/C=C/[C@@H](C)[C@H]1CC[C@H]2C3=CC=C4C[C@@H](O)CC[C@]4(C)[C@H]3CC[C@]12C. The Morgan fingerprint density at radius 1 is 0.747 bits per heavy atom. The standard InChI is InChI=1S/C47H51NO14.C28H44O/c1-25-31(60-43(56)36(52)35(28-16-10-7-11-17-28)48-41(54)29-18-12-8-13-19-29)23-47(57)40(61-42(55)30-20-14-9-15-21-30)38-45(6,32(51)22-33-46(38,24-58-33)62-27(3)50)39(53)37(59-26(2)49)34(25)44(47,4)5;1-18(2)19(3)7-8-20(4)24-11-12-25-23-10-9-21-17-22(29)13-15-27(21,5)26(23)14-16-28(24,25)6/h7-21,31-33,35-38,40,51-52,57H,22-24H2,1-6H3,(H,48,54);7-10,18-20,22,24-26,29H,11-17H2,1-6H3/b;8-7+/t31-,32-,33+,35-,36+,37+,38-,40-,45+,46-,47+;19-,20+,22-,24+,25-,26-,27-,28+/m00/s1. The van der Waals surface area contributed by atoms with E-state index >= 15 is 4.79 Å². The fourth-order valence-corrected chi connectivity index (χ4v) is 17.8. The lowest BCUT2D eigenvalue weighted by Gasteiger charge is -2.67. The van der Waals surface area contributed by atoms with E-state index in [1.165, 1.54) is 63.7 Å². The first-order valence-corrected chi connectivity index (χ1v) is 32.9. The Hall–Kier alpha value is -6.56. The van der Waals surface area contributed by atoms with Crippen molar-refractivity contribution < 1.29 is 72.9 Å². The van der Waals surface area contributed by atoms with E-state index in [0.717, 1.165) is 50.4 Å². The molecule has 0 spiro atoms. The van der Waals surface area contributed by atoms with E-state index in [-0.39, 0.29) is 41.4 Å². The van der Waals surface area contributed by atoms with Crippen molar-refractivity contribution in [1.82, 2.24) is 5.32 Å². The van der Waals surface area contributed by atoms with Gasteiger partial charge in [0, 0.05) is 37.7 Å². The summed E-state index contributed by atoms with van der Waals surface area (Å²) in [6.07, 6.45) is 7.88. The third kappa shape index (κ3) is 11.9. The van der Waals surface area contributed by atoms with Gasteiger partial charge in [0.25, 0.3) is 5.91 Å². The lowest BCUT2D eigenvalue weighted by atomic mass is 9.44. The number of aliphatic hydroxyl groups is 4. The number of esters is 4. The number of fused-ring (bicyclic) bond motifs is 10. The van der Waals surface area contributed by atoms with Crippen LogP contribution in [0.2, 0.25) is 0 Å². The lowest BCUT2D eigenvalue weighted by molar-refractivity contribution is -0.346. The summed E-state index contributed by atoms with van der Waals surface area (Å²) in [5.74, 6) is -2.46. The topological polar surface area (TPSA) is 242 Å². The molecular weight excluding hydrogens is 1150 g/mol. The number of ether oxygens (including phenoxy) is 5. The molecule has 5 N–H and O–H groups in total. The molecule has 11 rings (SSSR count). The van der Waals surface area contributed by atoms with Crippen LogP contribution >= 0.6 is 0 Å². The number of rotatable bonds is 14. The number of allylic oxidation sites excluding steroid dienone is 5. The Bertz CT molecular complexity index is 3370. The summed E-state index contributed by atoms with van der Waals surface area (Å²) in [5, 5.41) is 50.4. The molecule has 16 nitrogen and oxygen atoms in total. The van der Waals surface area contributed by atoms with Crippen molar-refractivity contribution in [3.8, 4) is 0 Å². The molecule has 490 valence electrons. The molecule has 2 bridgehead atoms. The molecule has 7 aliphatic carbocycles. The minimum Gasteiger partial charge on any atom is -0.456 e. The maximum absolute atomic E-state index is 15.5. The number of carbonyl (C=O) groups excluding carboxylic acids is 6. The van der Waals surface area contributed by atoms with Crippen molar-refractivity contribution >= 4 is 35.6 Å². The fourth-order valence-electron chi connectivity index (χ4n) is 17.8. The van der Waals surface area contributed by atoms with Gasteiger partial charge < -0.3 is 49.4 Å². The van der Waals surface area contributed by atoms with E-state index in [4.69, 9.17) is 23.7 Å². The van der Waals surface area contributed by atoms with Gasteiger partial charge in [0.05, 0.1) is 41.8 Å². The fraction of sp³-hybridized carbons (Fsp3) is 0.573. The van der Waals surface area contributed by atoms with Crippen LogP contribution < -0.4 is 5.32 Å². The second kappa shape index (κ2) is 25.7. The van der Waals surface area contributed by atoms with Crippen molar-refractivity contribution in [2.45, 2.75) is 201 Å². The van der Waals surface area contributed by atoms with Crippen LogP contribution in [-0.4, -0.2) is 117 Å². The third-order valence-corrected chi connectivity index (χ3v) is 23.5. The number of hydrogen-bond donors (Lipinski definition) is 5. The van der Waals surface area contributed by atoms with Gasteiger partial charge in [-0.3, -0.25) is 19.2 Å². The van der Waals surface area contributed by atoms with Crippen LogP contribution in [0.5, 0.6) is 0 Å². The summed E-state index contributed by atoms with van der Waals surface area (Å²) in [5.41, 5.74) is -2.95. The molecule has 91 heavy (non-hydrogen) atoms. The lowest BCUT2D eigenvalue weighted by Crippen LogP contribution is -2.82. The zero-order valence-electron chi connectivity index (χ0n) is 55.0. The smallest absolute Gasteiger partial charge is 0.338 e. The second-order valence-electron chi connectivity index (χ2n) is 29.2. The minimum atomic E-state index is -2.39. The molecule has 19 atom stereocenters. The largest absolute Gasteiger partial charge is 0.456 e. The van der Waals surface area contributed by atoms with Crippen LogP contribution in [0.25, 0.3) is 0 Å². The van der Waals surface area contributed by atoms with Gasteiger partial charge in [0.1, 0.15) is 23.9 Å². The Morgan fingerprint density at radius 2 is 1.38 bits per heavy atom. The van der Waals surface area contributed by atoms with E-state index in [1.54, 1.807) is 98.3 Å². The monoisotopic (exact) mass is 1250 g/mol. The van der Waals surface area contributed by atoms with E-state index in [2.05, 4.69) is 71.2 Å². The van der Waals surface area contributed by atoms with Gasteiger partial charge in [-0.15, -0.1) is 0 Å². The molecule has 1 heterocycles. The highest BCUT2D eigenvalue weighted by atomic mass is 16.6. The Kier molecular flexibility index (Phi) is 19.0. The van der Waals surface area contributed by atoms with Gasteiger partial charge in [-0.2, -0.15) is 0 Å². The highest BCUT2D eigenvalue weighted by molar-refractivity contribution is 5.96. The zero-order chi connectivity index (χ0) is 65.9. The molecule has 1 amide bonds. The van der Waals surface area contributed by atoms with Crippen LogP contribution in [0.3, 0.4) is 0 Å². The Labute approximate surface area is 536 Å². The van der Waals surface area contributed by atoms with Crippen LogP contribution in [-0.2, 0) is 42.9 Å². The first-order valence-electron chi connectivity index (χ1n) is 32.9. The molecule has 5 saturated carbocycles. The minimum absolute atomic E-state index is 0.00289. The van der Waals surface area contributed by atoms with Gasteiger partial charge in [0.15, 0.2) is 23.6 Å². The Balaban J connectivity index is 0.000000260. The summed E-state index contributed by atoms with van der Waals surface area (Å²) in [4.78, 5) is 83.5. The van der Waals surface area contributed by atoms with Gasteiger partial charge in [-0.05, 0) is 146 Å². The summed E-state index contributed by atoms with van der Waals surface area (Å²) >= 11 is 0. The summed E-state index contributed by atoms with van der Waals surface area (Å²) < 4.78 is 30.3. The Morgan fingerprint density at radius 3 is 1.99 bits per heavy atom. The van der Waals surface area contributed by atoms with Crippen LogP contribution in [0.4, 0.5) is 0 Å². The molecule has 3 aromatic rings. The number of amides is 1. The average molecular weight is 1250 g/mol. The molecule has 0 radical (unpaired) electrons. The predicted octanol–water partition coefficient (Wildman–Crippen LogP) is 11.1. The third-order valence-electron chi connectivity index (χ3n) is 23.5. The van der Waals surface area contributed by atoms with E-state index in [1.807, 2.05) is 0 Å². The molecular formula is C75H95NO15. The molecule has 1 saturated heterocycles. The van der Waals surface area contributed by atoms with Crippen LogP contribution in [0, 0.1) is 63.1 Å². The molecule has 1 aliphatic heterocycles. The average Bonchev–Trinajstić information content (AvgIpc) is 1.09. The van der Waals surface area contributed by atoms with E-state index in [0.29, 0.717) is 28.2 Å². The number of hydrogen-bond acceptors (Lipinski definition) is 15. The molecule has 6 fully saturated rings. The summed E-state index contributed by atoms with van der Waals surface area (Å²) in [6.45, 7) is 22.6. The number of nitrogens with one attached hydrogen (secondary N) is 1. The number of ketones is 1. The maximum Gasteiger partial charge on any atom is 0.338 e. The van der Waals surface area contributed by atoms with Crippen molar-refractivity contribution in [1.29, 1.82) is 0 Å². The second-order valence-corrected chi connectivity index (χ2v) is 29.2. The van der Waals surface area contributed by atoms with Crippen molar-refractivity contribution in [2.24, 2.45) is 63.1 Å². The normalized spacial score (nSPS) is 35.7. The van der Waals surface area contributed by atoms with Crippen molar-refractivity contribution in [2.75, 3.05) is 6.61 Å². The van der Waals surface area contributed by atoms with E-state index in [9.17, 15) is 44.4 Å².